The van der Waals surface area contributed by atoms with Gasteiger partial charge < -0.3 is 23.7 Å². The summed E-state index contributed by atoms with van der Waals surface area (Å²) in [6.07, 6.45) is 3.17. The normalized spacial score (nSPS) is 14.2. The molecule has 9 nitrogen and oxygen atoms in total. The lowest BCUT2D eigenvalue weighted by molar-refractivity contribution is -0.136. The molecule has 0 unspecified atom stereocenters. The lowest BCUT2D eigenvalue weighted by Gasteiger charge is -2.23. The van der Waals surface area contributed by atoms with Crippen LogP contribution in [0.3, 0.4) is 0 Å². The molecule has 0 saturated carbocycles. The number of fused-ring (bicyclic) bond motifs is 1. The lowest BCUT2D eigenvalue weighted by Crippen LogP contribution is -2.39. The highest BCUT2D eigenvalue weighted by Crippen LogP contribution is 2.36. The Morgan fingerprint density at radius 1 is 1.02 bits per heavy atom. The van der Waals surface area contributed by atoms with Crippen LogP contribution in [0.5, 0.6) is 23.0 Å². The van der Waals surface area contributed by atoms with Crippen LogP contribution in [0.25, 0.3) is 6.08 Å². The third kappa shape index (κ3) is 6.76. The molecule has 0 saturated heterocycles. The highest BCUT2D eigenvalue weighted by Gasteiger charge is 2.31. The fourth-order valence-corrected chi connectivity index (χ4v) is 6.62. The molecule has 5 rings (SSSR count). The van der Waals surface area contributed by atoms with E-state index in [1.807, 2.05) is 19.9 Å². The zero-order chi connectivity index (χ0) is 32.1. The summed E-state index contributed by atoms with van der Waals surface area (Å²) in [7, 11) is 2.80. The predicted octanol–water partition coefficient (Wildman–Crippen LogP) is 5.15. The maximum absolute atomic E-state index is 14.1. The number of hydrogen-bond donors (Lipinski definition) is 0. The largest absolute Gasteiger partial charge is 0.493 e. The van der Waals surface area contributed by atoms with E-state index in [1.165, 1.54) is 42.4 Å². The molecule has 0 N–H and O–H groups in total. The molecular weight excluding hydrogens is 714 g/mol. The first-order valence-corrected chi connectivity index (χ1v) is 15.9. The topological polar surface area (TPSA) is 97.6 Å². The van der Waals surface area contributed by atoms with E-state index in [2.05, 4.69) is 27.6 Å². The van der Waals surface area contributed by atoms with Crippen LogP contribution in [0.1, 0.15) is 36.6 Å². The number of methoxy groups -OCH3 is 2. The van der Waals surface area contributed by atoms with Crippen LogP contribution in [-0.2, 0) is 16.1 Å². The van der Waals surface area contributed by atoms with Gasteiger partial charge in [0, 0.05) is 11.8 Å². The van der Waals surface area contributed by atoms with E-state index < -0.39 is 12.0 Å². The van der Waals surface area contributed by atoms with Crippen LogP contribution in [0.15, 0.2) is 76.2 Å². The molecule has 0 amide bonds. The molecule has 1 aliphatic rings. The summed E-state index contributed by atoms with van der Waals surface area (Å²) in [6.45, 7) is 4.62. The van der Waals surface area contributed by atoms with Gasteiger partial charge in [-0.1, -0.05) is 35.6 Å². The predicted molar refractivity (Wildman–Crippen MR) is 176 cm³/mol. The average Bonchev–Trinajstić information content (AvgIpc) is 3.35. The Morgan fingerprint density at radius 2 is 1.78 bits per heavy atom. The smallest absolute Gasteiger partial charge is 0.337 e. The van der Waals surface area contributed by atoms with Gasteiger partial charge in [0.05, 0.1) is 47.2 Å². The van der Waals surface area contributed by atoms with Gasteiger partial charge in [0.25, 0.3) is 5.56 Å². The Kier molecular flexibility index (Phi) is 10.2. The third-order valence-electron chi connectivity index (χ3n) is 6.89. The number of hydrogen-bond acceptors (Lipinski definition) is 9. The molecule has 3 aromatic carbocycles. The fraction of sp³-hybridized carbons (Fsp3) is 0.242. The minimum Gasteiger partial charge on any atom is -0.493 e. The third-order valence-corrected chi connectivity index (χ3v) is 8.69. The fourth-order valence-electron chi connectivity index (χ4n) is 4.87. The summed E-state index contributed by atoms with van der Waals surface area (Å²) in [6, 6.07) is 14.5. The van der Waals surface area contributed by atoms with Crippen LogP contribution < -0.4 is 33.8 Å². The van der Waals surface area contributed by atoms with Crippen LogP contribution in [0.2, 0.25) is 0 Å². The first-order valence-electron chi connectivity index (χ1n) is 14.0. The molecule has 0 bridgehead atoms. The van der Waals surface area contributed by atoms with Crippen molar-refractivity contribution in [3.05, 3.63) is 112 Å². The van der Waals surface area contributed by atoms with Crippen molar-refractivity contribution in [1.82, 2.24) is 4.57 Å². The first-order chi connectivity index (χ1) is 21.8. The van der Waals surface area contributed by atoms with Crippen molar-refractivity contribution in [1.29, 1.82) is 0 Å². The molecular formula is C33H30FIN2O7S. The maximum Gasteiger partial charge on any atom is 0.337 e. The number of ether oxygens (including phenoxy) is 5. The number of esters is 1. The molecule has 4 aromatic rings. The average molecular weight is 745 g/mol. The van der Waals surface area contributed by atoms with Gasteiger partial charge in [0.1, 0.15) is 12.4 Å². The highest BCUT2D eigenvalue weighted by molar-refractivity contribution is 14.1. The molecule has 0 radical (unpaired) electrons. The van der Waals surface area contributed by atoms with Gasteiger partial charge in [0.15, 0.2) is 27.8 Å². The van der Waals surface area contributed by atoms with Crippen molar-refractivity contribution < 1.29 is 32.9 Å². The number of halogens is 2. The Balaban J connectivity index is 1.57. The van der Waals surface area contributed by atoms with Gasteiger partial charge in [0.2, 0.25) is 0 Å². The number of rotatable bonds is 11. The maximum atomic E-state index is 14.1. The zero-order valence-corrected chi connectivity index (χ0v) is 27.9. The Labute approximate surface area is 276 Å². The Bertz CT molecular complexity index is 1950. The molecule has 234 valence electrons. The Morgan fingerprint density at radius 3 is 2.49 bits per heavy atom. The van der Waals surface area contributed by atoms with Gasteiger partial charge in [-0.25, -0.2) is 14.2 Å². The summed E-state index contributed by atoms with van der Waals surface area (Å²) in [4.78, 5) is 31.7. The standard InChI is InChI=1S/C33H30FIN2O7S/c1-5-42-25-12-11-20(16-26(25)43-6-2)29-22(32(39)41-4)17-36-33-37(29)31(38)28(45-33)15-19-13-24(35)30(27(14-19)40-3)44-18-21-9-7-8-10-23(21)34/h7-17,29H,5-6,18H2,1-4H3/b28-15-/t29-/m0/s1. The number of carbonyl (C=O) groups is 1. The van der Waals surface area contributed by atoms with E-state index in [4.69, 9.17) is 23.7 Å². The van der Waals surface area contributed by atoms with Gasteiger partial charge in [-0.05, 0) is 84.0 Å². The minimum atomic E-state index is -0.811. The van der Waals surface area contributed by atoms with Crippen molar-refractivity contribution >= 4 is 46.0 Å². The van der Waals surface area contributed by atoms with E-state index in [1.54, 1.807) is 48.5 Å². The summed E-state index contributed by atoms with van der Waals surface area (Å²) < 4.78 is 44.9. The van der Waals surface area contributed by atoms with Gasteiger partial charge in [-0.15, -0.1) is 0 Å². The number of carbonyl (C=O) groups excluding carboxylic acids is 1. The summed E-state index contributed by atoms with van der Waals surface area (Å²) in [5.41, 5.74) is 1.61. The van der Waals surface area contributed by atoms with E-state index >= 15 is 0 Å². The molecule has 1 aliphatic heterocycles. The van der Waals surface area contributed by atoms with Crippen molar-refractivity contribution in [2.75, 3.05) is 27.4 Å². The monoisotopic (exact) mass is 744 g/mol. The summed E-state index contributed by atoms with van der Waals surface area (Å²) >= 11 is 3.31. The van der Waals surface area contributed by atoms with Crippen molar-refractivity contribution in [3.8, 4) is 23.0 Å². The van der Waals surface area contributed by atoms with Crippen molar-refractivity contribution in [2.45, 2.75) is 26.5 Å². The molecule has 1 aromatic heterocycles. The van der Waals surface area contributed by atoms with E-state index in [9.17, 15) is 14.0 Å². The molecule has 45 heavy (non-hydrogen) atoms. The van der Waals surface area contributed by atoms with Crippen LogP contribution in [0, 0.1) is 9.39 Å². The van der Waals surface area contributed by atoms with Crippen molar-refractivity contribution in [2.24, 2.45) is 4.99 Å². The van der Waals surface area contributed by atoms with E-state index in [0.29, 0.717) is 65.8 Å². The quantitative estimate of drug-likeness (QED) is 0.155. The highest BCUT2D eigenvalue weighted by atomic mass is 127. The molecule has 2 heterocycles. The number of benzene rings is 3. The first kappa shape index (κ1) is 32.2. The van der Waals surface area contributed by atoms with Crippen LogP contribution in [0.4, 0.5) is 4.39 Å². The second kappa shape index (κ2) is 14.3. The lowest BCUT2D eigenvalue weighted by atomic mass is 9.97. The minimum absolute atomic E-state index is 0.0239. The number of nitrogens with zero attached hydrogens (tertiary/aromatic N) is 2. The second-order valence-corrected chi connectivity index (χ2v) is 11.8. The Hall–Kier alpha value is -4.17. The summed E-state index contributed by atoms with van der Waals surface area (Å²) in [5.74, 6) is 0.994. The van der Waals surface area contributed by atoms with Gasteiger partial charge >= 0.3 is 5.97 Å². The van der Waals surface area contributed by atoms with E-state index in [-0.39, 0.29) is 23.6 Å². The molecule has 0 aliphatic carbocycles. The summed E-state index contributed by atoms with van der Waals surface area (Å²) in [5, 5.41) is 0. The van der Waals surface area contributed by atoms with Crippen LogP contribution >= 0.6 is 33.9 Å². The zero-order valence-electron chi connectivity index (χ0n) is 25.0. The van der Waals surface area contributed by atoms with Gasteiger partial charge in [-0.3, -0.25) is 9.36 Å². The SMILES string of the molecule is CCOc1ccc([C@H]2C(C(=O)OC)=CN=c3s/c(=C\c4cc(I)c(OCc5ccccc5F)c(OC)c4)c(=O)n32)cc1OCC. The molecule has 12 heteroatoms. The number of thiazole rings is 1. The molecule has 0 spiro atoms. The second-order valence-electron chi connectivity index (χ2n) is 9.66. The van der Waals surface area contributed by atoms with Gasteiger partial charge in [-0.2, -0.15) is 0 Å². The number of aromatic nitrogens is 1. The van der Waals surface area contributed by atoms with E-state index in [0.717, 1.165) is 0 Å². The van der Waals surface area contributed by atoms with Crippen LogP contribution in [-0.4, -0.2) is 38.0 Å². The molecule has 1 atom stereocenters. The molecule has 0 fully saturated rings. The van der Waals surface area contributed by atoms with Crippen molar-refractivity contribution in [3.63, 3.8) is 0 Å².